The van der Waals surface area contributed by atoms with Crippen molar-refractivity contribution in [2.45, 2.75) is 62.4 Å². The number of sulfonamides is 1. The molecule has 0 bridgehead atoms. The Morgan fingerprint density at radius 3 is 2.26 bits per heavy atom. The first-order valence-corrected chi connectivity index (χ1v) is 14.0. The molecule has 1 heterocycles. The van der Waals surface area contributed by atoms with Crippen LogP contribution in [0.25, 0.3) is 0 Å². The lowest BCUT2D eigenvalue weighted by molar-refractivity contribution is -0.127. The van der Waals surface area contributed by atoms with Gasteiger partial charge in [0.25, 0.3) is 5.91 Å². The molecule has 4 rings (SSSR count). The summed E-state index contributed by atoms with van der Waals surface area (Å²) in [5.74, 6) is -0.712. The van der Waals surface area contributed by atoms with E-state index >= 15 is 0 Å². The van der Waals surface area contributed by atoms with Gasteiger partial charge in [0.2, 0.25) is 15.9 Å². The predicted octanol–water partition coefficient (Wildman–Crippen LogP) is 3.91. The highest BCUT2D eigenvalue weighted by atomic mass is 35.5. The largest absolute Gasteiger partial charge is 0.351 e. The third kappa shape index (κ3) is 6.05. The molecule has 9 heteroatoms. The van der Waals surface area contributed by atoms with Gasteiger partial charge < -0.3 is 10.6 Å². The molecule has 0 aromatic heterocycles. The molecule has 0 spiro atoms. The first-order valence-electron chi connectivity index (χ1n) is 12.2. The van der Waals surface area contributed by atoms with Gasteiger partial charge in [0, 0.05) is 35.8 Å². The number of nitrogens with zero attached hydrogens (tertiary/aromatic N) is 1. The number of aryl methyl sites for hydroxylation is 1. The number of halogens is 1. The van der Waals surface area contributed by atoms with Crippen molar-refractivity contribution in [2.24, 2.45) is 5.92 Å². The van der Waals surface area contributed by atoms with E-state index in [-0.39, 0.29) is 35.3 Å². The maximum absolute atomic E-state index is 13.2. The van der Waals surface area contributed by atoms with Gasteiger partial charge in [-0.3, -0.25) is 9.59 Å². The molecule has 2 fully saturated rings. The zero-order valence-corrected chi connectivity index (χ0v) is 21.4. The van der Waals surface area contributed by atoms with Crippen LogP contribution in [0.15, 0.2) is 53.4 Å². The molecule has 35 heavy (non-hydrogen) atoms. The van der Waals surface area contributed by atoms with Crippen LogP contribution in [-0.2, 0) is 14.8 Å². The molecule has 2 amide bonds. The molecule has 0 radical (unpaired) electrons. The minimum atomic E-state index is -3.70. The summed E-state index contributed by atoms with van der Waals surface area (Å²) in [5.41, 5.74) is 1.55. The van der Waals surface area contributed by atoms with Crippen molar-refractivity contribution in [1.82, 2.24) is 14.9 Å². The van der Waals surface area contributed by atoms with Crippen LogP contribution in [0.3, 0.4) is 0 Å². The van der Waals surface area contributed by atoms with Gasteiger partial charge in [-0.05, 0) is 68.5 Å². The Morgan fingerprint density at radius 1 is 0.914 bits per heavy atom. The lowest BCUT2D eigenvalue weighted by Gasteiger charge is -2.36. The minimum Gasteiger partial charge on any atom is -0.351 e. The molecule has 2 aromatic carbocycles. The fourth-order valence-corrected chi connectivity index (χ4v) is 6.63. The van der Waals surface area contributed by atoms with Crippen molar-refractivity contribution in [1.29, 1.82) is 0 Å². The molecule has 3 atom stereocenters. The van der Waals surface area contributed by atoms with Crippen LogP contribution in [-0.4, -0.2) is 49.7 Å². The highest BCUT2D eigenvalue weighted by Crippen LogP contribution is 2.26. The first-order chi connectivity index (χ1) is 16.8. The molecule has 1 saturated carbocycles. The van der Waals surface area contributed by atoms with Crippen LogP contribution < -0.4 is 10.6 Å². The summed E-state index contributed by atoms with van der Waals surface area (Å²) in [6.07, 6.45) is 4.79. The van der Waals surface area contributed by atoms with Crippen molar-refractivity contribution in [3.63, 3.8) is 0 Å². The first kappa shape index (κ1) is 25.7. The van der Waals surface area contributed by atoms with E-state index < -0.39 is 15.9 Å². The van der Waals surface area contributed by atoms with E-state index in [1.807, 2.05) is 25.1 Å². The number of carbonyl (C=O) groups excluding carboxylic acids is 2. The lowest BCUT2D eigenvalue weighted by atomic mass is 9.89. The van der Waals surface area contributed by atoms with Crippen LogP contribution >= 0.6 is 11.6 Å². The summed E-state index contributed by atoms with van der Waals surface area (Å²) in [6.45, 7) is 2.43. The Labute approximate surface area is 212 Å². The molecule has 7 nitrogen and oxygen atoms in total. The smallest absolute Gasteiger partial charge is 0.251 e. The highest BCUT2D eigenvalue weighted by molar-refractivity contribution is 7.89. The standard InChI is InChI=1S/C26H32ClN3O4S/c1-18-7-2-3-9-22(18)26(32)29-24-11-5-4-10-23(24)28-25(31)19-8-6-16-30(17-19)35(33,34)21-14-12-20(27)13-15-21/h2-3,7,9,12-15,19,23-24H,4-6,8,10-11,16-17H2,1H3,(H,28,31)(H,29,32)/t19-,23+,24+/m0/s1. The number of hydrogen-bond donors (Lipinski definition) is 2. The minimum absolute atomic E-state index is 0.132. The fraction of sp³-hybridized carbons (Fsp3) is 0.462. The molecule has 2 aliphatic rings. The quantitative estimate of drug-likeness (QED) is 0.607. The monoisotopic (exact) mass is 517 g/mol. The number of amides is 2. The second-order valence-corrected chi connectivity index (χ2v) is 11.8. The van der Waals surface area contributed by atoms with Crippen LogP contribution in [0, 0.1) is 12.8 Å². The number of nitrogens with one attached hydrogen (secondary N) is 2. The Morgan fingerprint density at radius 2 is 1.57 bits per heavy atom. The average Bonchev–Trinajstić information content (AvgIpc) is 2.86. The third-order valence-corrected chi connectivity index (χ3v) is 9.14. The maximum atomic E-state index is 13.2. The summed E-state index contributed by atoms with van der Waals surface area (Å²) in [6, 6.07) is 13.2. The van der Waals surface area contributed by atoms with Gasteiger partial charge in [-0.1, -0.05) is 42.6 Å². The van der Waals surface area contributed by atoms with Crippen LogP contribution in [0.4, 0.5) is 0 Å². The third-order valence-electron chi connectivity index (χ3n) is 7.01. The van der Waals surface area contributed by atoms with Crippen molar-refractivity contribution < 1.29 is 18.0 Å². The van der Waals surface area contributed by atoms with E-state index in [1.54, 1.807) is 18.2 Å². The van der Waals surface area contributed by atoms with Crippen LogP contribution in [0.1, 0.15) is 54.4 Å². The Kier molecular flexibility index (Phi) is 8.14. The SMILES string of the molecule is Cc1ccccc1C(=O)N[C@@H]1CCCC[C@H]1NC(=O)[C@H]1CCCN(S(=O)(=O)c2ccc(Cl)cc2)C1. The van der Waals surface area contributed by atoms with Gasteiger partial charge in [-0.2, -0.15) is 4.31 Å². The predicted molar refractivity (Wildman–Crippen MR) is 136 cm³/mol. The highest BCUT2D eigenvalue weighted by Gasteiger charge is 2.35. The molecule has 1 aliphatic carbocycles. The summed E-state index contributed by atoms with van der Waals surface area (Å²) >= 11 is 5.90. The summed E-state index contributed by atoms with van der Waals surface area (Å²) < 4.78 is 27.6. The van der Waals surface area contributed by atoms with Crippen molar-refractivity contribution in [3.05, 3.63) is 64.7 Å². The zero-order valence-electron chi connectivity index (χ0n) is 19.9. The number of benzene rings is 2. The number of hydrogen-bond acceptors (Lipinski definition) is 4. The second kappa shape index (κ2) is 11.1. The Bertz CT molecular complexity index is 1170. The number of piperidine rings is 1. The molecular weight excluding hydrogens is 486 g/mol. The normalized spacial score (nSPS) is 23.4. The van der Waals surface area contributed by atoms with Gasteiger partial charge >= 0.3 is 0 Å². The van der Waals surface area contributed by atoms with E-state index in [4.69, 9.17) is 11.6 Å². The van der Waals surface area contributed by atoms with Gasteiger partial charge in [0.15, 0.2) is 0 Å². The van der Waals surface area contributed by atoms with Crippen molar-refractivity contribution in [3.8, 4) is 0 Å². The molecule has 188 valence electrons. The van der Waals surface area contributed by atoms with E-state index in [0.29, 0.717) is 30.0 Å². The number of rotatable bonds is 6. The summed E-state index contributed by atoms with van der Waals surface area (Å²) in [4.78, 5) is 26.3. The van der Waals surface area contributed by atoms with Gasteiger partial charge in [0.05, 0.1) is 10.8 Å². The number of carbonyl (C=O) groups is 2. The molecular formula is C26H32ClN3O4S. The van der Waals surface area contributed by atoms with Crippen molar-refractivity contribution >= 4 is 33.4 Å². The molecule has 2 N–H and O–H groups in total. The Balaban J connectivity index is 1.40. The van der Waals surface area contributed by atoms with E-state index in [2.05, 4.69) is 10.6 Å². The van der Waals surface area contributed by atoms with Gasteiger partial charge in [-0.15, -0.1) is 0 Å². The Hall–Kier alpha value is -2.42. The zero-order chi connectivity index (χ0) is 25.0. The van der Waals surface area contributed by atoms with Gasteiger partial charge in [0.1, 0.15) is 0 Å². The molecule has 1 saturated heterocycles. The van der Waals surface area contributed by atoms with Gasteiger partial charge in [-0.25, -0.2) is 8.42 Å². The fourth-order valence-electron chi connectivity index (χ4n) is 4.98. The topological polar surface area (TPSA) is 95.6 Å². The molecule has 2 aromatic rings. The summed E-state index contributed by atoms with van der Waals surface area (Å²) in [5, 5.41) is 6.73. The molecule has 0 unspecified atom stereocenters. The van der Waals surface area contributed by atoms with Crippen LogP contribution in [0.5, 0.6) is 0 Å². The van der Waals surface area contributed by atoms with E-state index in [1.165, 1.54) is 16.4 Å². The van der Waals surface area contributed by atoms with Crippen LogP contribution in [0.2, 0.25) is 5.02 Å². The summed E-state index contributed by atoms with van der Waals surface area (Å²) in [7, 11) is -3.70. The van der Waals surface area contributed by atoms with E-state index in [0.717, 1.165) is 31.2 Å². The lowest BCUT2D eigenvalue weighted by Crippen LogP contribution is -2.55. The second-order valence-electron chi connectivity index (χ2n) is 9.45. The van der Waals surface area contributed by atoms with E-state index in [9.17, 15) is 18.0 Å². The molecule has 1 aliphatic heterocycles. The van der Waals surface area contributed by atoms with Crippen molar-refractivity contribution in [2.75, 3.05) is 13.1 Å². The average molecular weight is 518 g/mol. The maximum Gasteiger partial charge on any atom is 0.251 e.